The first-order chi connectivity index (χ1) is 12.2. The Balaban J connectivity index is 1.31. The lowest BCUT2D eigenvalue weighted by atomic mass is 10.0. The van der Waals surface area contributed by atoms with Gasteiger partial charge in [-0.2, -0.15) is 0 Å². The molecule has 5 heteroatoms. The van der Waals surface area contributed by atoms with Gasteiger partial charge >= 0.3 is 0 Å². The van der Waals surface area contributed by atoms with Gasteiger partial charge < -0.3 is 5.32 Å². The van der Waals surface area contributed by atoms with E-state index in [9.17, 15) is 0 Å². The molecule has 0 atom stereocenters. The molecular weight excluding hydrogens is 376 g/mol. The molecule has 4 rings (SSSR count). The maximum atomic E-state index is 4.75. The van der Waals surface area contributed by atoms with Gasteiger partial charge in [-0.05, 0) is 50.3 Å². The summed E-state index contributed by atoms with van der Waals surface area (Å²) in [6.07, 6.45) is 4.82. The Bertz CT molecular complexity index is 736. The van der Waals surface area contributed by atoms with Gasteiger partial charge in [0.2, 0.25) is 0 Å². The van der Waals surface area contributed by atoms with Crippen molar-refractivity contribution in [2.75, 3.05) is 18.4 Å². The van der Waals surface area contributed by atoms with Crippen LogP contribution in [0.2, 0.25) is 0 Å². The highest BCUT2D eigenvalue weighted by molar-refractivity contribution is 9.10. The third kappa shape index (κ3) is 4.59. The molecule has 132 valence electrons. The van der Waals surface area contributed by atoms with Crippen molar-refractivity contribution in [2.24, 2.45) is 0 Å². The van der Waals surface area contributed by atoms with Crippen LogP contribution in [0.15, 0.2) is 34.8 Å². The normalized spacial score (nSPS) is 19.1. The molecule has 25 heavy (non-hydrogen) atoms. The summed E-state index contributed by atoms with van der Waals surface area (Å²) < 4.78 is 1.16. The maximum Gasteiger partial charge on any atom is 0.134 e. The van der Waals surface area contributed by atoms with E-state index in [-0.39, 0.29) is 0 Å². The van der Waals surface area contributed by atoms with Crippen molar-refractivity contribution in [3.63, 3.8) is 0 Å². The monoisotopic (exact) mass is 400 g/mol. The van der Waals surface area contributed by atoms with Gasteiger partial charge in [-0.15, -0.1) is 0 Å². The number of halogens is 1. The number of piperidine rings is 1. The van der Waals surface area contributed by atoms with E-state index < -0.39 is 0 Å². The van der Waals surface area contributed by atoms with Gasteiger partial charge in [0.15, 0.2) is 0 Å². The number of anilines is 1. The maximum absolute atomic E-state index is 4.75. The van der Waals surface area contributed by atoms with Gasteiger partial charge in [-0.3, -0.25) is 4.90 Å². The van der Waals surface area contributed by atoms with E-state index in [4.69, 9.17) is 4.98 Å². The first kappa shape index (κ1) is 17.0. The van der Waals surface area contributed by atoms with E-state index in [1.165, 1.54) is 18.4 Å². The summed E-state index contributed by atoms with van der Waals surface area (Å²) in [7, 11) is 0. The zero-order chi connectivity index (χ0) is 17.2. The first-order valence-electron chi connectivity index (χ1n) is 9.24. The fourth-order valence-electron chi connectivity index (χ4n) is 3.53. The van der Waals surface area contributed by atoms with E-state index in [0.717, 1.165) is 54.3 Å². The second-order valence-electron chi connectivity index (χ2n) is 7.35. The lowest BCUT2D eigenvalue weighted by molar-refractivity contribution is 0.211. The molecule has 0 bridgehead atoms. The first-order valence-corrected chi connectivity index (χ1v) is 10.0. The van der Waals surface area contributed by atoms with Gasteiger partial charge in [0.05, 0.1) is 0 Å². The van der Waals surface area contributed by atoms with E-state index in [1.54, 1.807) is 0 Å². The second kappa shape index (κ2) is 7.42. The van der Waals surface area contributed by atoms with Crippen LogP contribution < -0.4 is 5.32 Å². The summed E-state index contributed by atoms with van der Waals surface area (Å²) in [4.78, 5) is 11.9. The lowest BCUT2D eigenvalue weighted by Crippen LogP contribution is -2.38. The fraction of sp³-hybridized carbons (Fsp3) is 0.500. The summed E-state index contributed by atoms with van der Waals surface area (Å²) >= 11 is 3.56. The van der Waals surface area contributed by atoms with E-state index in [2.05, 4.69) is 68.4 Å². The number of aryl methyl sites for hydroxylation is 1. The molecule has 0 unspecified atom stereocenters. The lowest BCUT2D eigenvalue weighted by Gasteiger charge is -2.32. The number of nitrogens with zero attached hydrogens (tertiary/aromatic N) is 3. The Kier molecular flexibility index (Phi) is 5.04. The van der Waals surface area contributed by atoms with Crippen LogP contribution >= 0.6 is 15.9 Å². The third-order valence-corrected chi connectivity index (χ3v) is 5.54. The molecular formula is C20H25BrN4. The van der Waals surface area contributed by atoms with Gasteiger partial charge in [-0.1, -0.05) is 28.1 Å². The molecule has 0 spiro atoms. The molecule has 1 aromatic carbocycles. The highest BCUT2D eigenvalue weighted by Crippen LogP contribution is 2.38. The van der Waals surface area contributed by atoms with Crippen LogP contribution in [0.1, 0.15) is 48.7 Å². The van der Waals surface area contributed by atoms with Gasteiger partial charge in [0.25, 0.3) is 0 Å². The minimum Gasteiger partial charge on any atom is -0.367 e. The highest BCUT2D eigenvalue weighted by Gasteiger charge is 2.27. The minimum absolute atomic E-state index is 0.514. The van der Waals surface area contributed by atoms with Crippen LogP contribution in [-0.4, -0.2) is 34.0 Å². The number of nitrogens with one attached hydrogen (secondary N) is 1. The molecule has 1 aromatic heterocycles. The molecule has 1 N–H and O–H groups in total. The molecule has 0 amide bonds. The Morgan fingerprint density at radius 2 is 1.92 bits per heavy atom. The number of rotatable bonds is 5. The summed E-state index contributed by atoms with van der Waals surface area (Å²) in [5.41, 5.74) is 2.45. The van der Waals surface area contributed by atoms with Crippen molar-refractivity contribution >= 4 is 21.7 Å². The quantitative estimate of drug-likeness (QED) is 0.801. The van der Waals surface area contributed by atoms with Crippen LogP contribution in [0.5, 0.6) is 0 Å². The molecule has 2 aliphatic rings. The number of likely N-dealkylation sites (tertiary alicyclic amines) is 1. The largest absolute Gasteiger partial charge is 0.367 e. The average Bonchev–Trinajstić information content (AvgIpc) is 3.41. The summed E-state index contributed by atoms with van der Waals surface area (Å²) in [5.74, 6) is 2.65. The predicted molar refractivity (Wildman–Crippen MR) is 105 cm³/mol. The molecule has 1 aliphatic heterocycles. The topological polar surface area (TPSA) is 41.0 Å². The summed E-state index contributed by atoms with van der Waals surface area (Å²) in [6, 6.07) is 11.2. The van der Waals surface area contributed by atoms with Crippen molar-refractivity contribution in [2.45, 2.75) is 51.1 Å². The average molecular weight is 401 g/mol. The zero-order valence-electron chi connectivity index (χ0n) is 14.7. The second-order valence-corrected chi connectivity index (χ2v) is 8.27. The molecule has 4 nitrogen and oxygen atoms in total. The van der Waals surface area contributed by atoms with Crippen molar-refractivity contribution in [1.82, 2.24) is 14.9 Å². The minimum atomic E-state index is 0.514. The summed E-state index contributed by atoms with van der Waals surface area (Å²) in [6.45, 7) is 5.36. The fourth-order valence-corrected chi connectivity index (χ4v) is 3.97. The number of hydrogen-bond donors (Lipinski definition) is 1. The molecule has 2 heterocycles. The SMILES string of the molecule is Cc1cc(NC2CCN(Cc3cccc(Br)c3)CC2)nc(C2CC2)n1. The molecule has 2 aromatic rings. The summed E-state index contributed by atoms with van der Waals surface area (Å²) in [5, 5.41) is 3.65. The smallest absolute Gasteiger partial charge is 0.134 e. The van der Waals surface area contributed by atoms with Gasteiger partial charge in [-0.25, -0.2) is 9.97 Å². The number of benzene rings is 1. The predicted octanol–water partition coefficient (Wildman–Crippen LogP) is 4.50. The Labute approximate surface area is 158 Å². The van der Waals surface area contributed by atoms with Crippen molar-refractivity contribution in [3.05, 3.63) is 51.9 Å². The van der Waals surface area contributed by atoms with Crippen molar-refractivity contribution < 1.29 is 0 Å². The standard InChI is InChI=1S/C20H25BrN4/c1-14-11-19(24-20(22-14)16-5-6-16)23-18-7-9-25(10-8-18)13-15-3-2-4-17(21)12-15/h2-4,11-12,16,18H,5-10,13H2,1H3,(H,22,23,24). The Hall–Kier alpha value is -1.46. The third-order valence-electron chi connectivity index (χ3n) is 5.05. The molecule has 2 fully saturated rings. The van der Waals surface area contributed by atoms with Crippen molar-refractivity contribution in [3.8, 4) is 0 Å². The molecule has 0 radical (unpaired) electrons. The van der Waals surface area contributed by atoms with Crippen LogP contribution in [-0.2, 0) is 6.54 Å². The van der Waals surface area contributed by atoms with Crippen LogP contribution in [0.3, 0.4) is 0 Å². The Morgan fingerprint density at radius 1 is 1.12 bits per heavy atom. The Morgan fingerprint density at radius 3 is 2.64 bits per heavy atom. The van der Waals surface area contributed by atoms with Gasteiger partial charge in [0.1, 0.15) is 11.6 Å². The van der Waals surface area contributed by atoms with Crippen molar-refractivity contribution in [1.29, 1.82) is 0 Å². The van der Waals surface area contributed by atoms with Gasteiger partial charge in [0, 0.05) is 47.8 Å². The number of aromatic nitrogens is 2. The van der Waals surface area contributed by atoms with Crippen LogP contribution in [0.25, 0.3) is 0 Å². The van der Waals surface area contributed by atoms with Crippen LogP contribution in [0, 0.1) is 6.92 Å². The van der Waals surface area contributed by atoms with Crippen LogP contribution in [0.4, 0.5) is 5.82 Å². The molecule has 1 saturated heterocycles. The zero-order valence-corrected chi connectivity index (χ0v) is 16.3. The number of hydrogen-bond acceptors (Lipinski definition) is 4. The molecule has 1 aliphatic carbocycles. The highest BCUT2D eigenvalue weighted by atomic mass is 79.9. The molecule has 1 saturated carbocycles. The van der Waals surface area contributed by atoms with E-state index in [0.29, 0.717) is 12.0 Å². The van der Waals surface area contributed by atoms with E-state index in [1.807, 2.05) is 0 Å². The van der Waals surface area contributed by atoms with E-state index >= 15 is 0 Å².